The van der Waals surface area contributed by atoms with E-state index in [4.69, 9.17) is 10.5 Å². The molecule has 1 aromatic rings. The molecule has 0 bridgehead atoms. The number of nitrogens with two attached hydrogens (primary N) is 1. The van der Waals surface area contributed by atoms with Crippen LogP contribution in [0, 0.1) is 12.8 Å². The number of methoxy groups -OCH3 is 1. The van der Waals surface area contributed by atoms with Gasteiger partial charge in [-0.1, -0.05) is 19.3 Å². The van der Waals surface area contributed by atoms with E-state index < -0.39 is 0 Å². The van der Waals surface area contributed by atoms with E-state index in [0.29, 0.717) is 23.1 Å². The molecule has 1 fully saturated rings. The van der Waals surface area contributed by atoms with Crippen molar-refractivity contribution in [3.63, 3.8) is 0 Å². The maximum absolute atomic E-state index is 12.4. The minimum absolute atomic E-state index is 0. The monoisotopic (exact) mass is 332 g/mol. The Morgan fingerprint density at radius 1 is 1.48 bits per heavy atom. The molecule has 1 atom stereocenters. The lowest BCUT2D eigenvalue weighted by atomic mass is 9.84. The maximum Gasteiger partial charge on any atom is 0.265 e. The molecule has 1 amide bonds. The molecule has 1 aromatic heterocycles. The third-order valence-electron chi connectivity index (χ3n) is 4.04. The lowest BCUT2D eigenvalue weighted by molar-refractivity contribution is 0.0917. The van der Waals surface area contributed by atoms with Crippen molar-refractivity contribution in [1.82, 2.24) is 5.32 Å². The Bertz CT molecular complexity index is 459. The van der Waals surface area contributed by atoms with Crippen LogP contribution in [0.25, 0.3) is 0 Å². The number of thiophene rings is 1. The molecule has 0 saturated heterocycles. The minimum atomic E-state index is -0.0547. The van der Waals surface area contributed by atoms with E-state index in [2.05, 4.69) is 5.32 Å². The van der Waals surface area contributed by atoms with Gasteiger partial charge in [-0.05, 0) is 31.7 Å². The van der Waals surface area contributed by atoms with Gasteiger partial charge in [0.1, 0.15) is 10.6 Å². The first kappa shape index (κ1) is 18.3. The van der Waals surface area contributed by atoms with Crippen LogP contribution < -0.4 is 15.8 Å². The van der Waals surface area contributed by atoms with Gasteiger partial charge in [0.25, 0.3) is 5.91 Å². The van der Waals surface area contributed by atoms with Crippen LogP contribution in [0.3, 0.4) is 0 Å². The molecule has 1 heterocycles. The van der Waals surface area contributed by atoms with Gasteiger partial charge < -0.3 is 15.8 Å². The third kappa shape index (κ3) is 4.59. The van der Waals surface area contributed by atoms with Crippen LogP contribution in [0.5, 0.6) is 5.75 Å². The van der Waals surface area contributed by atoms with Gasteiger partial charge in [0, 0.05) is 17.5 Å². The summed E-state index contributed by atoms with van der Waals surface area (Å²) in [5.41, 5.74) is 5.86. The first-order valence-electron chi connectivity index (χ1n) is 7.31. The Morgan fingerprint density at radius 3 is 2.71 bits per heavy atom. The summed E-state index contributed by atoms with van der Waals surface area (Å²) < 4.78 is 5.27. The second-order valence-electron chi connectivity index (χ2n) is 5.47. The SMILES string of the molecule is COc1cc(C)sc1C(=O)NC(CN)C1CCCCC1.Cl. The maximum atomic E-state index is 12.4. The summed E-state index contributed by atoms with van der Waals surface area (Å²) in [5.74, 6) is 1.12. The molecule has 4 nitrogen and oxygen atoms in total. The van der Waals surface area contributed by atoms with Crippen LogP contribution in [0.15, 0.2) is 6.07 Å². The van der Waals surface area contributed by atoms with E-state index in [1.807, 2.05) is 13.0 Å². The van der Waals surface area contributed by atoms with E-state index in [1.54, 1.807) is 7.11 Å². The summed E-state index contributed by atoms with van der Waals surface area (Å²) in [7, 11) is 1.60. The molecule has 21 heavy (non-hydrogen) atoms. The van der Waals surface area contributed by atoms with Gasteiger partial charge in [-0.3, -0.25) is 4.79 Å². The topological polar surface area (TPSA) is 64.3 Å². The Labute approximate surface area is 136 Å². The molecular formula is C15H25ClN2O2S. The molecule has 3 N–H and O–H groups in total. The minimum Gasteiger partial charge on any atom is -0.495 e. The zero-order valence-corrected chi connectivity index (χ0v) is 14.3. The highest BCUT2D eigenvalue weighted by Gasteiger charge is 2.26. The fourth-order valence-electron chi connectivity index (χ4n) is 2.94. The molecule has 1 unspecified atom stereocenters. The average molecular weight is 333 g/mol. The van der Waals surface area contributed by atoms with Crippen LogP contribution in [0.2, 0.25) is 0 Å². The van der Waals surface area contributed by atoms with E-state index >= 15 is 0 Å². The van der Waals surface area contributed by atoms with Crippen LogP contribution in [-0.4, -0.2) is 25.6 Å². The molecule has 2 rings (SSSR count). The number of carbonyl (C=O) groups excluding carboxylic acids is 1. The van der Waals surface area contributed by atoms with Crippen LogP contribution in [0.1, 0.15) is 46.7 Å². The van der Waals surface area contributed by atoms with Gasteiger partial charge in [0.15, 0.2) is 0 Å². The number of rotatable bonds is 5. The number of hydrogen-bond acceptors (Lipinski definition) is 4. The summed E-state index contributed by atoms with van der Waals surface area (Å²) in [5, 5.41) is 3.11. The lowest BCUT2D eigenvalue weighted by Crippen LogP contribution is -2.45. The number of nitrogens with one attached hydrogen (secondary N) is 1. The number of ether oxygens (including phenoxy) is 1. The zero-order valence-electron chi connectivity index (χ0n) is 12.7. The molecule has 0 spiro atoms. The molecule has 0 aromatic carbocycles. The van der Waals surface area contributed by atoms with Crippen molar-refractivity contribution in [3.8, 4) is 5.75 Å². The quantitative estimate of drug-likeness (QED) is 0.870. The summed E-state index contributed by atoms with van der Waals surface area (Å²) >= 11 is 1.47. The fourth-order valence-corrected chi connectivity index (χ4v) is 3.82. The van der Waals surface area contributed by atoms with E-state index in [0.717, 1.165) is 4.88 Å². The summed E-state index contributed by atoms with van der Waals surface area (Å²) in [6.45, 7) is 2.48. The summed E-state index contributed by atoms with van der Waals surface area (Å²) in [4.78, 5) is 14.1. The Kier molecular flexibility index (Phi) is 7.49. The first-order valence-corrected chi connectivity index (χ1v) is 8.12. The van der Waals surface area contributed by atoms with Gasteiger partial charge in [-0.25, -0.2) is 0 Å². The molecule has 1 aliphatic rings. The van der Waals surface area contributed by atoms with Crippen molar-refractivity contribution in [2.45, 2.75) is 45.1 Å². The van der Waals surface area contributed by atoms with Crippen molar-refractivity contribution >= 4 is 29.7 Å². The van der Waals surface area contributed by atoms with Crippen molar-refractivity contribution in [2.75, 3.05) is 13.7 Å². The number of aryl methyl sites for hydroxylation is 1. The number of carbonyl (C=O) groups is 1. The van der Waals surface area contributed by atoms with Crippen molar-refractivity contribution < 1.29 is 9.53 Å². The first-order chi connectivity index (χ1) is 9.65. The van der Waals surface area contributed by atoms with Crippen LogP contribution in [0.4, 0.5) is 0 Å². The van der Waals surface area contributed by atoms with Crippen molar-refractivity contribution in [3.05, 3.63) is 15.8 Å². The Morgan fingerprint density at radius 2 is 2.14 bits per heavy atom. The molecule has 1 saturated carbocycles. The number of amides is 1. The summed E-state index contributed by atoms with van der Waals surface area (Å²) in [6.07, 6.45) is 6.14. The predicted molar refractivity (Wildman–Crippen MR) is 89.7 cm³/mol. The lowest BCUT2D eigenvalue weighted by Gasteiger charge is -2.30. The van der Waals surface area contributed by atoms with Gasteiger partial charge in [-0.15, -0.1) is 23.7 Å². The standard InChI is InChI=1S/C15H24N2O2S.ClH/c1-10-8-13(19-2)14(20-10)15(18)17-12(9-16)11-6-4-3-5-7-11;/h8,11-12H,3-7,9,16H2,1-2H3,(H,17,18);1H. The molecular weight excluding hydrogens is 308 g/mol. The van der Waals surface area contributed by atoms with Crippen LogP contribution in [-0.2, 0) is 0 Å². The van der Waals surface area contributed by atoms with Crippen molar-refractivity contribution in [2.24, 2.45) is 11.7 Å². The third-order valence-corrected chi connectivity index (χ3v) is 5.07. The average Bonchev–Trinajstić information content (AvgIpc) is 2.86. The highest BCUT2D eigenvalue weighted by atomic mass is 35.5. The Balaban J connectivity index is 0.00000220. The largest absolute Gasteiger partial charge is 0.495 e. The van der Waals surface area contributed by atoms with E-state index in [9.17, 15) is 4.79 Å². The van der Waals surface area contributed by atoms with Crippen LogP contribution >= 0.6 is 23.7 Å². The zero-order chi connectivity index (χ0) is 14.5. The smallest absolute Gasteiger partial charge is 0.265 e. The second kappa shape index (κ2) is 8.61. The highest BCUT2D eigenvalue weighted by molar-refractivity contribution is 7.14. The number of halogens is 1. The van der Waals surface area contributed by atoms with Gasteiger partial charge in [0.05, 0.1) is 7.11 Å². The number of hydrogen-bond donors (Lipinski definition) is 2. The van der Waals surface area contributed by atoms with Gasteiger partial charge >= 0.3 is 0 Å². The van der Waals surface area contributed by atoms with Crippen molar-refractivity contribution in [1.29, 1.82) is 0 Å². The molecule has 1 aliphatic carbocycles. The molecule has 0 radical (unpaired) electrons. The molecule has 0 aliphatic heterocycles. The van der Waals surface area contributed by atoms with Gasteiger partial charge in [0.2, 0.25) is 0 Å². The molecule has 120 valence electrons. The Hall–Kier alpha value is -0.780. The normalized spacial score (nSPS) is 16.9. The van der Waals surface area contributed by atoms with E-state index in [-0.39, 0.29) is 24.4 Å². The van der Waals surface area contributed by atoms with E-state index in [1.165, 1.54) is 43.4 Å². The fraction of sp³-hybridized carbons (Fsp3) is 0.667. The second-order valence-corrected chi connectivity index (χ2v) is 6.72. The summed E-state index contributed by atoms with van der Waals surface area (Å²) in [6, 6.07) is 1.98. The predicted octanol–water partition coefficient (Wildman–Crippen LogP) is 3.12. The molecule has 6 heteroatoms. The van der Waals surface area contributed by atoms with Gasteiger partial charge in [-0.2, -0.15) is 0 Å². The highest BCUT2D eigenvalue weighted by Crippen LogP contribution is 2.30.